The third-order valence-corrected chi connectivity index (χ3v) is 3.65. The Morgan fingerprint density at radius 2 is 2.00 bits per heavy atom. The van der Waals surface area contributed by atoms with Crippen molar-refractivity contribution in [1.29, 1.82) is 0 Å². The molecule has 106 valence electrons. The van der Waals surface area contributed by atoms with Gasteiger partial charge in [0.25, 0.3) is 10.0 Å². The Balaban J connectivity index is 2.32. The average molecular weight is 298 g/mol. The van der Waals surface area contributed by atoms with E-state index in [1.54, 1.807) is 0 Å². The van der Waals surface area contributed by atoms with E-state index >= 15 is 0 Å². The van der Waals surface area contributed by atoms with Crippen molar-refractivity contribution < 1.29 is 22.7 Å². The predicted molar refractivity (Wildman–Crippen MR) is 68.2 cm³/mol. The van der Waals surface area contributed by atoms with Crippen molar-refractivity contribution in [2.45, 2.75) is 5.09 Å². The maximum absolute atomic E-state index is 11.9. The summed E-state index contributed by atoms with van der Waals surface area (Å²) in [5, 5.41) is 8.15. The van der Waals surface area contributed by atoms with E-state index in [0.29, 0.717) is 0 Å². The lowest BCUT2D eigenvalue weighted by Gasteiger charge is -2.06. The molecule has 9 heteroatoms. The molecule has 0 aliphatic carbocycles. The summed E-state index contributed by atoms with van der Waals surface area (Å²) in [4.78, 5) is 21.8. The van der Waals surface area contributed by atoms with E-state index in [1.807, 2.05) is 0 Å². The number of nitrogens with zero attached hydrogens (tertiary/aromatic N) is 1. The number of pyridine rings is 1. The van der Waals surface area contributed by atoms with Crippen LogP contribution in [0.5, 0.6) is 0 Å². The SMILES string of the molecule is Cn1cc(NS(=O)(=O)c2ccc(C(=O)O)o2)ccc1=O. The highest BCUT2D eigenvalue weighted by Gasteiger charge is 2.21. The molecule has 0 fully saturated rings. The highest BCUT2D eigenvalue weighted by molar-refractivity contribution is 7.92. The summed E-state index contributed by atoms with van der Waals surface area (Å²) in [5.74, 6) is -1.85. The van der Waals surface area contributed by atoms with Gasteiger partial charge in [0.2, 0.25) is 16.4 Å². The van der Waals surface area contributed by atoms with Gasteiger partial charge in [-0.3, -0.25) is 9.52 Å². The van der Waals surface area contributed by atoms with Crippen LogP contribution in [0.2, 0.25) is 0 Å². The van der Waals surface area contributed by atoms with Gasteiger partial charge in [-0.15, -0.1) is 0 Å². The summed E-state index contributed by atoms with van der Waals surface area (Å²) in [7, 11) is -2.58. The van der Waals surface area contributed by atoms with E-state index in [4.69, 9.17) is 9.52 Å². The van der Waals surface area contributed by atoms with Crippen molar-refractivity contribution in [2.75, 3.05) is 4.72 Å². The molecule has 2 aromatic rings. The Labute approximate surface area is 113 Å². The van der Waals surface area contributed by atoms with E-state index in [0.717, 1.165) is 12.1 Å². The molecule has 0 aromatic carbocycles. The number of nitrogens with one attached hydrogen (secondary N) is 1. The number of hydrogen-bond acceptors (Lipinski definition) is 5. The topological polar surface area (TPSA) is 119 Å². The normalized spacial score (nSPS) is 11.2. The number of aryl methyl sites for hydroxylation is 1. The van der Waals surface area contributed by atoms with Crippen molar-refractivity contribution in [2.24, 2.45) is 7.05 Å². The minimum Gasteiger partial charge on any atom is -0.475 e. The van der Waals surface area contributed by atoms with Crippen LogP contribution in [0.1, 0.15) is 10.6 Å². The maximum atomic E-state index is 11.9. The molecule has 2 heterocycles. The number of rotatable bonds is 4. The van der Waals surface area contributed by atoms with Crippen LogP contribution in [0.3, 0.4) is 0 Å². The maximum Gasteiger partial charge on any atom is 0.371 e. The second-order valence-corrected chi connectivity index (χ2v) is 5.51. The number of furan rings is 1. The summed E-state index contributed by atoms with van der Waals surface area (Å²) in [6.07, 6.45) is 1.29. The van der Waals surface area contributed by atoms with Crippen molar-refractivity contribution in [3.05, 3.63) is 46.6 Å². The summed E-state index contributed by atoms with van der Waals surface area (Å²) >= 11 is 0. The third-order valence-electron chi connectivity index (χ3n) is 2.40. The fourth-order valence-electron chi connectivity index (χ4n) is 1.44. The molecule has 0 saturated heterocycles. The molecule has 2 aromatic heterocycles. The fraction of sp³-hybridized carbons (Fsp3) is 0.0909. The van der Waals surface area contributed by atoms with Gasteiger partial charge in [0, 0.05) is 19.3 Å². The van der Waals surface area contributed by atoms with Crippen LogP contribution >= 0.6 is 0 Å². The Bertz CT molecular complexity index is 817. The second kappa shape index (κ2) is 4.85. The lowest BCUT2D eigenvalue weighted by Crippen LogP contribution is -2.18. The van der Waals surface area contributed by atoms with E-state index in [2.05, 4.69) is 4.72 Å². The fourth-order valence-corrected chi connectivity index (χ4v) is 2.42. The van der Waals surface area contributed by atoms with Crippen LogP contribution in [0.25, 0.3) is 0 Å². The number of aromatic nitrogens is 1. The van der Waals surface area contributed by atoms with Crippen molar-refractivity contribution in [3.8, 4) is 0 Å². The molecule has 0 aliphatic rings. The summed E-state index contributed by atoms with van der Waals surface area (Å²) in [6, 6.07) is 4.56. The summed E-state index contributed by atoms with van der Waals surface area (Å²) < 4.78 is 32.0. The molecule has 0 spiro atoms. The van der Waals surface area contributed by atoms with Crippen LogP contribution in [0.15, 0.2) is 44.8 Å². The first kappa shape index (κ1) is 13.9. The van der Waals surface area contributed by atoms with E-state index < -0.39 is 26.8 Å². The van der Waals surface area contributed by atoms with Crippen LogP contribution in [-0.4, -0.2) is 24.1 Å². The molecule has 0 saturated carbocycles. The number of carbonyl (C=O) groups is 1. The predicted octanol–water partition coefficient (Wildman–Crippen LogP) is 0.477. The second-order valence-electron chi connectivity index (χ2n) is 3.90. The smallest absolute Gasteiger partial charge is 0.371 e. The molecule has 2 N–H and O–H groups in total. The van der Waals surface area contributed by atoms with Crippen LogP contribution < -0.4 is 10.3 Å². The Morgan fingerprint density at radius 3 is 2.55 bits per heavy atom. The molecule has 0 aliphatic heterocycles. The van der Waals surface area contributed by atoms with Gasteiger partial charge in [0.1, 0.15) is 0 Å². The van der Waals surface area contributed by atoms with Crippen LogP contribution in [-0.2, 0) is 17.1 Å². The first-order chi connectivity index (χ1) is 9.29. The molecule has 0 bridgehead atoms. The molecule has 0 unspecified atom stereocenters. The standard InChI is InChI=1S/C11H10N2O6S/c1-13-6-7(2-4-9(13)14)12-20(17,18)10-5-3-8(19-10)11(15)16/h2-6,12H,1H3,(H,15,16). The monoisotopic (exact) mass is 298 g/mol. The van der Waals surface area contributed by atoms with Crippen molar-refractivity contribution in [1.82, 2.24) is 4.57 Å². The van der Waals surface area contributed by atoms with Gasteiger partial charge < -0.3 is 14.1 Å². The lowest BCUT2D eigenvalue weighted by molar-refractivity contribution is 0.0656. The van der Waals surface area contributed by atoms with Gasteiger partial charge in [-0.25, -0.2) is 4.79 Å². The quantitative estimate of drug-likeness (QED) is 0.847. The molecule has 20 heavy (non-hydrogen) atoms. The summed E-state index contributed by atoms with van der Waals surface area (Å²) in [5.41, 5.74) is -0.139. The number of carboxylic acids is 1. The largest absolute Gasteiger partial charge is 0.475 e. The first-order valence-electron chi connectivity index (χ1n) is 5.32. The third kappa shape index (κ3) is 2.72. The Morgan fingerprint density at radius 1 is 1.30 bits per heavy atom. The van der Waals surface area contributed by atoms with Crippen LogP contribution in [0, 0.1) is 0 Å². The average Bonchev–Trinajstić information content (AvgIpc) is 2.84. The molecule has 0 radical (unpaired) electrons. The molecule has 8 nitrogen and oxygen atoms in total. The van der Waals surface area contributed by atoms with Crippen molar-refractivity contribution >= 4 is 21.7 Å². The van der Waals surface area contributed by atoms with Gasteiger partial charge >= 0.3 is 5.97 Å². The number of sulfonamides is 1. The molecular weight excluding hydrogens is 288 g/mol. The van der Waals surface area contributed by atoms with E-state index in [-0.39, 0.29) is 11.2 Å². The van der Waals surface area contributed by atoms with Gasteiger partial charge in [-0.2, -0.15) is 8.42 Å². The molecule has 0 amide bonds. The van der Waals surface area contributed by atoms with Gasteiger partial charge in [-0.1, -0.05) is 0 Å². The Hall–Kier alpha value is -2.55. The molecular formula is C11H10N2O6S. The zero-order chi connectivity index (χ0) is 14.9. The van der Waals surface area contributed by atoms with Gasteiger partial charge in [0.05, 0.1) is 5.69 Å². The van der Waals surface area contributed by atoms with Crippen molar-refractivity contribution in [3.63, 3.8) is 0 Å². The molecule has 2 rings (SSSR count). The Kier molecular flexibility index (Phi) is 3.36. The van der Waals surface area contributed by atoms with E-state index in [9.17, 15) is 18.0 Å². The zero-order valence-electron chi connectivity index (χ0n) is 10.2. The molecule has 0 atom stereocenters. The lowest BCUT2D eigenvalue weighted by atomic mass is 10.4. The highest BCUT2D eigenvalue weighted by atomic mass is 32.2. The zero-order valence-corrected chi connectivity index (χ0v) is 11.0. The highest BCUT2D eigenvalue weighted by Crippen LogP contribution is 2.17. The minimum absolute atomic E-state index is 0.153. The van der Waals surface area contributed by atoms with Gasteiger partial charge in [0.15, 0.2) is 0 Å². The van der Waals surface area contributed by atoms with E-state index in [1.165, 1.54) is 29.9 Å². The number of hydrogen-bond donors (Lipinski definition) is 2. The van der Waals surface area contributed by atoms with Crippen LogP contribution in [0.4, 0.5) is 5.69 Å². The number of anilines is 1. The minimum atomic E-state index is -4.05. The summed E-state index contributed by atoms with van der Waals surface area (Å²) in [6.45, 7) is 0. The first-order valence-corrected chi connectivity index (χ1v) is 6.80. The number of aromatic carboxylic acids is 1. The number of carboxylic acid groups (broad SMARTS) is 1. The van der Waals surface area contributed by atoms with Gasteiger partial charge in [-0.05, 0) is 18.2 Å².